The van der Waals surface area contributed by atoms with Crippen LogP contribution in [0.25, 0.3) is 0 Å². The summed E-state index contributed by atoms with van der Waals surface area (Å²) in [5.41, 5.74) is 0.475. The maximum Gasteiger partial charge on any atom is 0.148 e. The van der Waals surface area contributed by atoms with Gasteiger partial charge in [-0.2, -0.15) is 0 Å². The minimum absolute atomic E-state index is 0.475. The lowest BCUT2D eigenvalue weighted by molar-refractivity contribution is -0.115. The second-order valence-electron chi connectivity index (χ2n) is 5.05. The van der Waals surface area contributed by atoms with Crippen molar-refractivity contribution < 1.29 is 9.90 Å². The Hall–Kier alpha value is -0.370. The van der Waals surface area contributed by atoms with Crippen molar-refractivity contribution in [1.82, 2.24) is 0 Å². The van der Waals surface area contributed by atoms with Crippen LogP contribution >= 0.6 is 0 Å². The number of hydrogen-bond acceptors (Lipinski definition) is 2. The topological polar surface area (TPSA) is 37.3 Å². The van der Waals surface area contributed by atoms with Gasteiger partial charge in [-0.25, -0.2) is 0 Å². The van der Waals surface area contributed by atoms with E-state index in [9.17, 15) is 9.90 Å². The summed E-state index contributed by atoms with van der Waals surface area (Å²) in [6, 6.07) is 0. The molecule has 2 heteroatoms. The number of aliphatic hydroxyl groups excluding tert-OH is 1. The SMILES string of the molecule is CC1(C)CCC(CC(O)C=O)CC1. The van der Waals surface area contributed by atoms with E-state index in [0.717, 1.165) is 12.8 Å². The molecule has 1 N–H and O–H groups in total. The van der Waals surface area contributed by atoms with Gasteiger partial charge in [0.2, 0.25) is 0 Å². The van der Waals surface area contributed by atoms with Crippen LogP contribution in [0, 0.1) is 11.3 Å². The second kappa shape index (κ2) is 4.23. The highest BCUT2D eigenvalue weighted by Gasteiger charge is 2.27. The molecule has 0 bridgehead atoms. The Kier molecular flexibility index (Phi) is 3.48. The minimum atomic E-state index is -0.730. The maximum absolute atomic E-state index is 10.3. The smallest absolute Gasteiger partial charge is 0.148 e. The van der Waals surface area contributed by atoms with Gasteiger partial charge in [-0.1, -0.05) is 13.8 Å². The molecule has 0 aromatic heterocycles. The molecule has 1 atom stereocenters. The fourth-order valence-electron chi connectivity index (χ4n) is 2.09. The van der Waals surface area contributed by atoms with Gasteiger partial charge in [0.1, 0.15) is 12.4 Å². The Morgan fingerprint density at radius 1 is 1.46 bits per heavy atom. The standard InChI is InChI=1S/C11H20O2/c1-11(2)5-3-9(4-6-11)7-10(13)8-12/h8-10,13H,3-7H2,1-2H3. The van der Waals surface area contributed by atoms with E-state index in [1.807, 2.05) is 0 Å². The summed E-state index contributed by atoms with van der Waals surface area (Å²) in [7, 11) is 0. The van der Waals surface area contributed by atoms with E-state index in [2.05, 4.69) is 13.8 Å². The molecule has 0 saturated heterocycles. The number of rotatable bonds is 3. The van der Waals surface area contributed by atoms with Crippen molar-refractivity contribution in [3.63, 3.8) is 0 Å². The largest absolute Gasteiger partial charge is 0.386 e. The molecule has 0 spiro atoms. The molecular formula is C11H20O2. The Morgan fingerprint density at radius 3 is 2.46 bits per heavy atom. The monoisotopic (exact) mass is 184 g/mol. The lowest BCUT2D eigenvalue weighted by atomic mass is 9.72. The third kappa shape index (κ3) is 3.47. The van der Waals surface area contributed by atoms with Crippen LogP contribution in [0.5, 0.6) is 0 Å². The summed E-state index contributed by atoms with van der Waals surface area (Å²) in [5.74, 6) is 0.563. The van der Waals surface area contributed by atoms with Crippen molar-refractivity contribution in [3.8, 4) is 0 Å². The van der Waals surface area contributed by atoms with E-state index in [0.29, 0.717) is 24.0 Å². The normalized spacial score (nSPS) is 25.5. The zero-order chi connectivity index (χ0) is 9.90. The first-order valence-corrected chi connectivity index (χ1v) is 5.17. The highest BCUT2D eigenvalue weighted by Crippen LogP contribution is 2.39. The summed E-state index contributed by atoms with van der Waals surface area (Å²) in [5, 5.41) is 9.17. The quantitative estimate of drug-likeness (QED) is 0.682. The van der Waals surface area contributed by atoms with Crippen LogP contribution in [0.4, 0.5) is 0 Å². The molecule has 0 aromatic rings. The summed E-state index contributed by atoms with van der Waals surface area (Å²) in [4.78, 5) is 10.3. The van der Waals surface area contributed by atoms with Crippen molar-refractivity contribution in [2.75, 3.05) is 0 Å². The van der Waals surface area contributed by atoms with Gasteiger partial charge >= 0.3 is 0 Å². The summed E-state index contributed by atoms with van der Waals surface area (Å²) >= 11 is 0. The van der Waals surface area contributed by atoms with E-state index in [4.69, 9.17) is 0 Å². The average molecular weight is 184 g/mol. The molecule has 1 saturated carbocycles. The maximum atomic E-state index is 10.3. The van der Waals surface area contributed by atoms with Crippen molar-refractivity contribution >= 4 is 6.29 Å². The van der Waals surface area contributed by atoms with Crippen molar-refractivity contribution in [2.24, 2.45) is 11.3 Å². The summed E-state index contributed by atoms with van der Waals surface area (Å²) in [6.45, 7) is 4.58. The molecule has 76 valence electrons. The summed E-state index contributed by atoms with van der Waals surface area (Å²) < 4.78 is 0. The van der Waals surface area contributed by atoms with Gasteiger partial charge in [0.15, 0.2) is 0 Å². The zero-order valence-corrected chi connectivity index (χ0v) is 8.62. The Labute approximate surface area is 80.3 Å². The number of hydrogen-bond donors (Lipinski definition) is 1. The van der Waals surface area contributed by atoms with Gasteiger partial charge in [0.25, 0.3) is 0 Å². The van der Waals surface area contributed by atoms with E-state index < -0.39 is 6.10 Å². The average Bonchev–Trinajstić information content (AvgIpc) is 2.08. The third-order valence-electron chi connectivity index (χ3n) is 3.19. The van der Waals surface area contributed by atoms with Crippen molar-refractivity contribution in [1.29, 1.82) is 0 Å². The van der Waals surface area contributed by atoms with Crippen molar-refractivity contribution in [3.05, 3.63) is 0 Å². The lowest BCUT2D eigenvalue weighted by Crippen LogP contribution is -2.24. The van der Waals surface area contributed by atoms with E-state index in [1.54, 1.807) is 0 Å². The number of aliphatic hydroxyl groups is 1. The number of carbonyl (C=O) groups is 1. The van der Waals surface area contributed by atoms with Gasteiger partial charge in [-0.05, 0) is 43.4 Å². The van der Waals surface area contributed by atoms with Gasteiger partial charge in [0.05, 0.1) is 0 Å². The fraction of sp³-hybridized carbons (Fsp3) is 0.909. The number of carbonyl (C=O) groups excluding carboxylic acids is 1. The molecular weight excluding hydrogens is 164 g/mol. The highest BCUT2D eigenvalue weighted by atomic mass is 16.3. The molecule has 13 heavy (non-hydrogen) atoms. The highest BCUT2D eigenvalue weighted by molar-refractivity contribution is 5.55. The molecule has 0 radical (unpaired) electrons. The lowest BCUT2D eigenvalue weighted by Gasteiger charge is -2.34. The van der Waals surface area contributed by atoms with Crippen LogP contribution in [0.1, 0.15) is 46.0 Å². The number of aldehydes is 1. The van der Waals surface area contributed by atoms with Crippen LogP contribution in [-0.2, 0) is 4.79 Å². The van der Waals surface area contributed by atoms with Crippen LogP contribution < -0.4 is 0 Å². The van der Waals surface area contributed by atoms with Crippen LogP contribution in [0.3, 0.4) is 0 Å². The first kappa shape index (κ1) is 10.7. The molecule has 2 nitrogen and oxygen atoms in total. The predicted molar refractivity (Wildman–Crippen MR) is 52.4 cm³/mol. The first-order valence-electron chi connectivity index (χ1n) is 5.17. The van der Waals surface area contributed by atoms with Gasteiger partial charge < -0.3 is 9.90 Å². The molecule has 0 heterocycles. The van der Waals surface area contributed by atoms with Crippen LogP contribution in [0.15, 0.2) is 0 Å². The van der Waals surface area contributed by atoms with Gasteiger partial charge in [-0.3, -0.25) is 0 Å². The molecule has 1 fully saturated rings. The van der Waals surface area contributed by atoms with Gasteiger partial charge in [-0.15, -0.1) is 0 Å². The molecule has 0 aliphatic heterocycles. The minimum Gasteiger partial charge on any atom is -0.386 e. The summed E-state index contributed by atoms with van der Waals surface area (Å²) in [6.07, 6.45) is 5.37. The third-order valence-corrected chi connectivity index (χ3v) is 3.19. The van der Waals surface area contributed by atoms with E-state index >= 15 is 0 Å². The van der Waals surface area contributed by atoms with E-state index in [1.165, 1.54) is 12.8 Å². The molecule has 1 aliphatic carbocycles. The molecule has 1 rings (SSSR count). The molecule has 0 amide bonds. The second-order valence-corrected chi connectivity index (χ2v) is 5.05. The molecule has 1 unspecified atom stereocenters. The first-order chi connectivity index (χ1) is 6.03. The van der Waals surface area contributed by atoms with Crippen LogP contribution in [0.2, 0.25) is 0 Å². The predicted octanol–water partition coefficient (Wildman–Crippen LogP) is 2.15. The Morgan fingerprint density at radius 2 is 2.00 bits per heavy atom. The zero-order valence-electron chi connectivity index (χ0n) is 8.62. The van der Waals surface area contributed by atoms with Gasteiger partial charge in [0, 0.05) is 0 Å². The Bertz CT molecular complexity index is 165. The fourth-order valence-corrected chi connectivity index (χ4v) is 2.09. The van der Waals surface area contributed by atoms with Crippen LogP contribution in [-0.4, -0.2) is 17.5 Å². The van der Waals surface area contributed by atoms with E-state index in [-0.39, 0.29) is 0 Å². The van der Waals surface area contributed by atoms with Crippen molar-refractivity contribution in [2.45, 2.75) is 52.1 Å². The Balaban J connectivity index is 2.29. The molecule has 1 aliphatic rings. The molecule has 0 aromatic carbocycles.